The Labute approximate surface area is 159 Å². The van der Waals surface area contributed by atoms with Crippen LogP contribution in [0.1, 0.15) is 30.7 Å². The van der Waals surface area contributed by atoms with Crippen molar-refractivity contribution in [2.24, 2.45) is 0 Å². The SMILES string of the molecule is COCCCN1C(=O)CCN(S(=O)(=O)c2c(C)noc2C)CC12CCOC2. The molecule has 2 aliphatic heterocycles. The van der Waals surface area contributed by atoms with Crippen LogP contribution in [0, 0.1) is 13.8 Å². The van der Waals surface area contributed by atoms with Crippen molar-refractivity contribution in [3.8, 4) is 0 Å². The Hall–Kier alpha value is -1.49. The topological polar surface area (TPSA) is 102 Å². The molecule has 3 rings (SSSR count). The fraction of sp³-hybridized carbons (Fsp3) is 0.765. The number of carbonyl (C=O) groups excluding carboxylic acids is 1. The van der Waals surface area contributed by atoms with Crippen molar-refractivity contribution in [2.45, 2.75) is 43.5 Å². The van der Waals surface area contributed by atoms with E-state index < -0.39 is 15.6 Å². The van der Waals surface area contributed by atoms with Crippen LogP contribution in [-0.4, -0.2) is 80.8 Å². The number of rotatable bonds is 6. The highest BCUT2D eigenvalue weighted by Crippen LogP contribution is 2.34. The van der Waals surface area contributed by atoms with E-state index in [0.29, 0.717) is 44.9 Å². The standard InChI is InChI=1S/C17H27N3O6S/c1-13-16(14(2)26-18-13)27(22,23)19-8-5-15(21)20(7-4-9-24-3)17(11-19)6-10-25-12-17/h4-12H2,1-3H3. The summed E-state index contributed by atoms with van der Waals surface area (Å²) in [5.41, 5.74) is -0.315. The van der Waals surface area contributed by atoms with E-state index in [2.05, 4.69) is 5.16 Å². The van der Waals surface area contributed by atoms with Gasteiger partial charge in [0.15, 0.2) is 5.76 Å². The fourth-order valence-electron chi connectivity index (χ4n) is 3.95. The zero-order valence-electron chi connectivity index (χ0n) is 16.1. The van der Waals surface area contributed by atoms with E-state index in [9.17, 15) is 13.2 Å². The summed E-state index contributed by atoms with van der Waals surface area (Å²) in [4.78, 5) is 14.7. The molecule has 1 spiro atoms. The van der Waals surface area contributed by atoms with Gasteiger partial charge in [0.1, 0.15) is 10.6 Å². The molecule has 1 amide bonds. The third kappa shape index (κ3) is 3.75. The highest BCUT2D eigenvalue weighted by Gasteiger charge is 2.48. The van der Waals surface area contributed by atoms with Gasteiger partial charge in [0.25, 0.3) is 0 Å². The lowest BCUT2D eigenvalue weighted by molar-refractivity contribution is -0.136. The highest BCUT2D eigenvalue weighted by atomic mass is 32.2. The Morgan fingerprint density at radius 3 is 2.70 bits per heavy atom. The second-order valence-corrected chi connectivity index (χ2v) is 9.04. The number of amides is 1. The number of aryl methyl sites for hydroxylation is 2. The van der Waals surface area contributed by atoms with Crippen LogP contribution in [0.2, 0.25) is 0 Å². The van der Waals surface area contributed by atoms with Crippen LogP contribution in [0.3, 0.4) is 0 Å². The van der Waals surface area contributed by atoms with E-state index in [4.69, 9.17) is 14.0 Å². The van der Waals surface area contributed by atoms with Crippen LogP contribution in [0.5, 0.6) is 0 Å². The van der Waals surface area contributed by atoms with Crippen LogP contribution in [0.15, 0.2) is 9.42 Å². The molecular formula is C17H27N3O6S. The van der Waals surface area contributed by atoms with E-state index in [-0.39, 0.29) is 36.1 Å². The van der Waals surface area contributed by atoms with Crippen molar-refractivity contribution < 1.29 is 27.2 Å². The molecule has 1 aromatic rings. The monoisotopic (exact) mass is 401 g/mol. The Morgan fingerprint density at radius 1 is 1.33 bits per heavy atom. The molecule has 0 saturated carbocycles. The lowest BCUT2D eigenvalue weighted by atomic mass is 9.96. The molecule has 0 radical (unpaired) electrons. The van der Waals surface area contributed by atoms with Gasteiger partial charge in [-0.2, -0.15) is 4.31 Å². The van der Waals surface area contributed by atoms with Crippen LogP contribution in [-0.2, 0) is 24.3 Å². The van der Waals surface area contributed by atoms with Gasteiger partial charge in [-0.3, -0.25) is 4.79 Å². The second-order valence-electron chi connectivity index (χ2n) is 7.16. The van der Waals surface area contributed by atoms with Crippen molar-refractivity contribution in [3.63, 3.8) is 0 Å². The molecule has 0 bridgehead atoms. The van der Waals surface area contributed by atoms with E-state index in [1.807, 2.05) is 4.90 Å². The Morgan fingerprint density at radius 2 is 2.11 bits per heavy atom. The van der Waals surface area contributed by atoms with Gasteiger partial charge in [0.2, 0.25) is 15.9 Å². The number of hydrogen-bond acceptors (Lipinski definition) is 7. The highest BCUT2D eigenvalue weighted by molar-refractivity contribution is 7.89. The average Bonchev–Trinajstić information content (AvgIpc) is 3.18. The second kappa shape index (κ2) is 7.86. The zero-order valence-corrected chi connectivity index (χ0v) is 16.9. The summed E-state index contributed by atoms with van der Waals surface area (Å²) < 4.78 is 43.7. The van der Waals surface area contributed by atoms with E-state index in [1.165, 1.54) is 4.31 Å². The van der Waals surface area contributed by atoms with Gasteiger partial charge in [-0.25, -0.2) is 8.42 Å². The summed E-state index contributed by atoms with van der Waals surface area (Å²) >= 11 is 0. The molecule has 152 valence electrons. The zero-order chi connectivity index (χ0) is 19.7. The first kappa shape index (κ1) is 20.2. The maximum Gasteiger partial charge on any atom is 0.248 e. The largest absolute Gasteiger partial charge is 0.385 e. The summed E-state index contributed by atoms with van der Waals surface area (Å²) in [6.07, 6.45) is 1.44. The lowest BCUT2D eigenvalue weighted by Crippen LogP contribution is -2.57. The predicted molar refractivity (Wildman–Crippen MR) is 95.7 cm³/mol. The predicted octanol–water partition coefficient (Wildman–Crippen LogP) is 0.710. The molecule has 9 nitrogen and oxygen atoms in total. The number of aromatic nitrogens is 1. The number of hydrogen-bond donors (Lipinski definition) is 0. The molecule has 1 unspecified atom stereocenters. The van der Waals surface area contributed by atoms with Gasteiger partial charge in [-0.1, -0.05) is 5.16 Å². The van der Waals surface area contributed by atoms with Gasteiger partial charge in [0, 0.05) is 46.4 Å². The van der Waals surface area contributed by atoms with Crippen molar-refractivity contribution >= 4 is 15.9 Å². The van der Waals surface area contributed by atoms with Gasteiger partial charge in [-0.15, -0.1) is 0 Å². The summed E-state index contributed by atoms with van der Waals surface area (Å²) in [6, 6.07) is 0. The van der Waals surface area contributed by atoms with E-state index in [0.717, 1.165) is 0 Å². The quantitative estimate of drug-likeness (QED) is 0.647. The van der Waals surface area contributed by atoms with Crippen molar-refractivity contribution in [1.82, 2.24) is 14.4 Å². The molecule has 1 aromatic heterocycles. The van der Waals surface area contributed by atoms with Crippen LogP contribution >= 0.6 is 0 Å². The Kier molecular flexibility index (Phi) is 5.90. The first-order valence-electron chi connectivity index (χ1n) is 9.12. The van der Waals surface area contributed by atoms with Gasteiger partial charge in [-0.05, 0) is 26.7 Å². The molecule has 3 heterocycles. The van der Waals surface area contributed by atoms with E-state index >= 15 is 0 Å². The van der Waals surface area contributed by atoms with Gasteiger partial charge >= 0.3 is 0 Å². The average molecular weight is 401 g/mol. The molecular weight excluding hydrogens is 374 g/mol. The number of methoxy groups -OCH3 is 1. The first-order valence-corrected chi connectivity index (χ1v) is 10.6. The van der Waals surface area contributed by atoms with Crippen molar-refractivity contribution in [2.75, 3.05) is 46.6 Å². The molecule has 2 aliphatic rings. The van der Waals surface area contributed by atoms with Crippen molar-refractivity contribution in [1.29, 1.82) is 0 Å². The normalized spacial score (nSPS) is 24.7. The maximum atomic E-state index is 13.3. The summed E-state index contributed by atoms with van der Waals surface area (Å²) in [7, 11) is -2.20. The summed E-state index contributed by atoms with van der Waals surface area (Å²) in [5, 5.41) is 3.77. The molecule has 10 heteroatoms. The third-order valence-corrected chi connectivity index (χ3v) is 7.39. The lowest BCUT2D eigenvalue weighted by Gasteiger charge is -2.40. The molecule has 0 aromatic carbocycles. The molecule has 27 heavy (non-hydrogen) atoms. The summed E-state index contributed by atoms with van der Waals surface area (Å²) in [5.74, 6) is 0.213. The summed E-state index contributed by atoms with van der Waals surface area (Å²) in [6.45, 7) is 5.44. The van der Waals surface area contributed by atoms with Crippen LogP contribution in [0.25, 0.3) is 0 Å². The molecule has 2 fully saturated rings. The van der Waals surface area contributed by atoms with Crippen LogP contribution < -0.4 is 0 Å². The number of nitrogens with zero attached hydrogens (tertiary/aromatic N) is 3. The minimum Gasteiger partial charge on any atom is -0.385 e. The van der Waals surface area contributed by atoms with Crippen LogP contribution in [0.4, 0.5) is 0 Å². The van der Waals surface area contributed by atoms with E-state index in [1.54, 1.807) is 21.0 Å². The minimum atomic E-state index is -3.82. The Balaban J connectivity index is 1.93. The van der Waals surface area contributed by atoms with Gasteiger partial charge in [0.05, 0.1) is 12.1 Å². The fourth-order valence-corrected chi connectivity index (χ4v) is 5.76. The van der Waals surface area contributed by atoms with Crippen molar-refractivity contribution in [3.05, 3.63) is 11.5 Å². The number of ether oxygens (including phenoxy) is 2. The molecule has 0 aliphatic carbocycles. The third-order valence-electron chi connectivity index (χ3n) is 5.30. The molecule has 2 saturated heterocycles. The smallest absolute Gasteiger partial charge is 0.248 e. The number of sulfonamides is 1. The maximum absolute atomic E-state index is 13.3. The molecule has 1 atom stereocenters. The number of carbonyl (C=O) groups is 1. The molecule has 0 N–H and O–H groups in total. The Bertz CT molecular complexity index is 765. The minimum absolute atomic E-state index is 0.0481. The van der Waals surface area contributed by atoms with Gasteiger partial charge < -0.3 is 18.9 Å². The first-order chi connectivity index (χ1) is 12.8.